The molecule has 0 spiro atoms. The second-order valence-electron chi connectivity index (χ2n) is 0.962. The van der Waals surface area contributed by atoms with Crippen LogP contribution in [0.2, 0.25) is 0 Å². The molecule has 2 atom stereocenters. The summed E-state index contributed by atoms with van der Waals surface area (Å²) in [7, 11) is 0. The van der Waals surface area contributed by atoms with Crippen LogP contribution in [0.15, 0.2) is 12.2 Å². The highest BCUT2D eigenvalue weighted by molar-refractivity contribution is 4.88. The van der Waals surface area contributed by atoms with Crippen LogP contribution in [0.1, 0.15) is 23.3 Å². The molecular formula is C5H8. The molecule has 0 aromatic heterocycles. The van der Waals surface area contributed by atoms with Gasteiger partial charge in [-0.3, -0.25) is 0 Å². The first-order chi connectivity index (χ1) is 3.72. The Morgan fingerprint density at radius 2 is 2.00 bits per heavy atom. The van der Waals surface area contributed by atoms with E-state index in [4.69, 9.17) is 4.11 Å². The maximum atomic E-state index is 7.11. The van der Waals surface area contributed by atoms with Gasteiger partial charge in [-0.05, 0) is 19.2 Å². The van der Waals surface area contributed by atoms with Crippen LogP contribution >= 0.6 is 0 Å². The molecule has 0 heterocycles. The summed E-state index contributed by atoms with van der Waals surface area (Å²) in [5, 5.41) is 0. The van der Waals surface area contributed by atoms with Crippen molar-refractivity contribution in [3.63, 3.8) is 0 Å². The maximum absolute atomic E-state index is 7.11. The number of hydrogen-bond donors (Lipinski definition) is 0. The van der Waals surface area contributed by atoms with Crippen molar-refractivity contribution in [2.45, 2.75) is 19.2 Å². The molecule has 0 aromatic rings. The first-order valence-electron chi connectivity index (χ1n) is 3.40. The van der Waals surface area contributed by atoms with Gasteiger partial charge in [0.25, 0.3) is 0 Å². The molecule has 0 amide bonds. The van der Waals surface area contributed by atoms with Crippen molar-refractivity contribution in [3.8, 4) is 0 Å². The molecule has 0 radical (unpaired) electrons. The SMILES string of the molecule is [2H]C1[C@H]([2H])C=C[C@H]1[2H]. The van der Waals surface area contributed by atoms with Crippen LogP contribution in [0, 0.1) is 0 Å². The van der Waals surface area contributed by atoms with Crippen LogP contribution in [-0.2, 0) is 0 Å². The summed E-state index contributed by atoms with van der Waals surface area (Å²) >= 11 is 0. The van der Waals surface area contributed by atoms with E-state index in [1.165, 1.54) is 0 Å². The van der Waals surface area contributed by atoms with E-state index in [9.17, 15) is 0 Å². The molecule has 1 aliphatic rings. The summed E-state index contributed by atoms with van der Waals surface area (Å²) in [5.41, 5.74) is 0. The van der Waals surface area contributed by atoms with E-state index in [0.717, 1.165) is 0 Å². The van der Waals surface area contributed by atoms with Crippen LogP contribution in [-0.4, -0.2) is 0 Å². The van der Waals surface area contributed by atoms with E-state index in [2.05, 4.69) is 0 Å². The average Bonchev–Trinajstić information content (AvgIpc) is 1.98. The second-order valence-corrected chi connectivity index (χ2v) is 0.962. The standard InChI is InChI=1S/C5H8/c1-2-4-5-3-1/h1-2H,3-5H2/i3D,4D,5D/t3-,4-/m1/s1. The van der Waals surface area contributed by atoms with Gasteiger partial charge in [0.1, 0.15) is 0 Å². The largest absolute Gasteiger partial charge is 0.0885 e. The third-order valence-electron chi connectivity index (χ3n) is 0.556. The Bertz CT molecular complexity index is 98.2. The quantitative estimate of drug-likeness (QED) is 0.381. The smallest absolute Gasteiger partial charge is 0.0310 e. The Kier molecular flexibility index (Phi) is 0.277. The summed E-state index contributed by atoms with van der Waals surface area (Å²) < 4.78 is 21.3. The van der Waals surface area contributed by atoms with Crippen molar-refractivity contribution in [3.05, 3.63) is 12.2 Å². The van der Waals surface area contributed by atoms with Gasteiger partial charge >= 0.3 is 0 Å². The lowest BCUT2D eigenvalue weighted by atomic mass is 10.4. The minimum absolute atomic E-state index is 0.461. The summed E-state index contributed by atoms with van der Waals surface area (Å²) in [4.78, 5) is 0. The normalized spacial score (nSPS) is 62.8. The summed E-state index contributed by atoms with van der Waals surface area (Å²) in [6.45, 7) is 0. The number of allylic oxidation sites excluding steroid dienone is 2. The van der Waals surface area contributed by atoms with Crippen LogP contribution in [0.5, 0.6) is 0 Å². The first-order valence-corrected chi connectivity index (χ1v) is 1.67. The molecule has 28 valence electrons. The molecule has 0 unspecified atom stereocenters. The van der Waals surface area contributed by atoms with E-state index < -0.39 is 19.2 Å². The highest BCUT2D eigenvalue weighted by atomic mass is 13.9. The molecule has 0 N–H and O–H groups in total. The van der Waals surface area contributed by atoms with E-state index in [0.29, 0.717) is 0 Å². The third kappa shape index (κ3) is 0.504. The fourth-order valence-corrected chi connectivity index (χ4v) is 0.321. The predicted molar refractivity (Wildman–Crippen MR) is 23.0 cm³/mol. The maximum Gasteiger partial charge on any atom is 0.0310 e. The zero-order valence-electron chi connectivity index (χ0n) is 5.89. The molecule has 0 aromatic carbocycles. The zero-order chi connectivity index (χ0) is 6.15. The Hall–Kier alpha value is -0.260. The molecule has 0 heteroatoms. The molecule has 0 aliphatic heterocycles. The fourth-order valence-electron chi connectivity index (χ4n) is 0.321. The van der Waals surface area contributed by atoms with Gasteiger partial charge in [-0.2, -0.15) is 0 Å². The number of hydrogen-bond acceptors (Lipinski definition) is 0. The van der Waals surface area contributed by atoms with Crippen LogP contribution in [0.3, 0.4) is 0 Å². The van der Waals surface area contributed by atoms with Crippen LogP contribution in [0.25, 0.3) is 0 Å². The molecule has 0 bridgehead atoms. The van der Waals surface area contributed by atoms with Crippen molar-refractivity contribution in [1.29, 1.82) is 0 Å². The van der Waals surface area contributed by atoms with Gasteiger partial charge in [0.05, 0.1) is 0 Å². The molecule has 0 nitrogen and oxygen atoms in total. The minimum atomic E-state index is -0.546. The summed E-state index contributed by atoms with van der Waals surface area (Å²) in [5.74, 6) is 0. The van der Waals surface area contributed by atoms with Crippen molar-refractivity contribution >= 4 is 0 Å². The molecule has 0 saturated carbocycles. The Morgan fingerprint density at radius 3 is 2.20 bits per heavy atom. The zero-order valence-corrected chi connectivity index (χ0v) is 2.89. The Labute approximate surface area is 36.7 Å². The molecular weight excluding hydrogens is 60.1 g/mol. The third-order valence-corrected chi connectivity index (χ3v) is 0.556. The minimum Gasteiger partial charge on any atom is -0.0885 e. The van der Waals surface area contributed by atoms with Gasteiger partial charge in [0.2, 0.25) is 0 Å². The Morgan fingerprint density at radius 1 is 1.40 bits per heavy atom. The highest BCUT2D eigenvalue weighted by Gasteiger charge is 1.84. The monoisotopic (exact) mass is 71.1 g/mol. The van der Waals surface area contributed by atoms with E-state index >= 15 is 0 Å². The second kappa shape index (κ2) is 1.25. The van der Waals surface area contributed by atoms with Crippen molar-refractivity contribution < 1.29 is 4.11 Å². The fraction of sp³-hybridized carbons (Fsp3) is 0.600. The van der Waals surface area contributed by atoms with Crippen molar-refractivity contribution in [2.24, 2.45) is 0 Å². The highest BCUT2D eigenvalue weighted by Crippen LogP contribution is 2.05. The van der Waals surface area contributed by atoms with Gasteiger partial charge in [0.15, 0.2) is 0 Å². The van der Waals surface area contributed by atoms with Gasteiger partial charge in [-0.15, -0.1) is 0 Å². The van der Waals surface area contributed by atoms with E-state index in [1.807, 2.05) is 0 Å². The molecule has 0 fully saturated rings. The van der Waals surface area contributed by atoms with Crippen molar-refractivity contribution in [1.82, 2.24) is 0 Å². The lowest BCUT2D eigenvalue weighted by molar-refractivity contribution is 0.929. The molecule has 0 saturated heterocycles. The van der Waals surface area contributed by atoms with Gasteiger partial charge in [0, 0.05) is 4.11 Å². The molecule has 1 rings (SSSR count). The van der Waals surface area contributed by atoms with E-state index in [1.54, 1.807) is 12.2 Å². The average molecular weight is 71.1 g/mol. The van der Waals surface area contributed by atoms with Gasteiger partial charge in [-0.25, -0.2) is 0 Å². The lowest BCUT2D eigenvalue weighted by Crippen LogP contribution is -1.50. The Balaban J connectivity index is 2.55. The van der Waals surface area contributed by atoms with Gasteiger partial charge in [-0.1, -0.05) is 12.2 Å². The predicted octanol–water partition coefficient (Wildman–Crippen LogP) is 1.73. The number of rotatable bonds is 0. The van der Waals surface area contributed by atoms with Crippen LogP contribution < -0.4 is 0 Å². The molecule has 1 aliphatic carbocycles. The molecule has 5 heavy (non-hydrogen) atoms. The van der Waals surface area contributed by atoms with E-state index in [-0.39, 0.29) is 0 Å². The lowest BCUT2D eigenvalue weighted by Gasteiger charge is -1.69. The van der Waals surface area contributed by atoms with Crippen molar-refractivity contribution in [2.75, 3.05) is 0 Å². The van der Waals surface area contributed by atoms with Gasteiger partial charge < -0.3 is 0 Å². The topological polar surface area (TPSA) is 0 Å². The summed E-state index contributed by atoms with van der Waals surface area (Å²) in [6.07, 6.45) is 1.75. The first kappa shape index (κ1) is 1.11. The summed E-state index contributed by atoms with van der Waals surface area (Å²) in [6, 6.07) is 0. The van der Waals surface area contributed by atoms with Crippen LogP contribution in [0.4, 0.5) is 0 Å².